The molecule has 0 bridgehead atoms. The zero-order valence-corrected chi connectivity index (χ0v) is 10.8. The summed E-state index contributed by atoms with van der Waals surface area (Å²) in [4.78, 5) is 11.6. The lowest BCUT2D eigenvalue weighted by molar-refractivity contribution is 0.101. The molecule has 0 aliphatic carbocycles. The Labute approximate surface area is 107 Å². The second kappa shape index (κ2) is 5.06. The van der Waals surface area contributed by atoms with E-state index >= 15 is 0 Å². The van der Waals surface area contributed by atoms with E-state index in [0.29, 0.717) is 30.3 Å². The number of carbonyl (C=O) groups excluding carboxylic acids is 1. The Morgan fingerprint density at radius 1 is 1.31 bits per heavy atom. The Morgan fingerprint density at radius 2 is 2.00 bits per heavy atom. The van der Waals surface area contributed by atoms with Crippen molar-refractivity contribution < 1.29 is 14.3 Å². The van der Waals surface area contributed by atoms with Gasteiger partial charge >= 0.3 is 0 Å². The van der Waals surface area contributed by atoms with Crippen LogP contribution in [0, 0.1) is 0 Å². The smallest absolute Gasteiger partial charge is 0.191 e. The molecule has 1 aliphatic heterocycles. The molecule has 1 unspecified atom stereocenters. The summed E-state index contributed by atoms with van der Waals surface area (Å²) in [7, 11) is 0. The number of rotatable bonds is 2. The molecule has 16 heavy (non-hydrogen) atoms. The van der Waals surface area contributed by atoms with E-state index in [1.54, 1.807) is 18.2 Å². The normalized spacial score (nSPS) is 16.4. The first-order chi connectivity index (χ1) is 7.68. The molecule has 1 atom stereocenters. The van der Waals surface area contributed by atoms with Crippen molar-refractivity contribution in [1.82, 2.24) is 0 Å². The number of benzene rings is 1. The van der Waals surface area contributed by atoms with Crippen LogP contribution in [-0.4, -0.2) is 23.3 Å². The molecule has 1 aromatic rings. The maximum Gasteiger partial charge on any atom is 0.191 e. The first kappa shape index (κ1) is 11.7. The predicted octanol–water partition coefficient (Wildman–Crippen LogP) is 2.99. The molecule has 2 rings (SSSR count). The summed E-state index contributed by atoms with van der Waals surface area (Å²) in [6.45, 7) is 1.24. The van der Waals surface area contributed by atoms with Gasteiger partial charge < -0.3 is 9.47 Å². The summed E-state index contributed by atoms with van der Waals surface area (Å²) in [5, 5.41) is 0. The van der Waals surface area contributed by atoms with Crippen LogP contribution in [0.5, 0.6) is 11.5 Å². The van der Waals surface area contributed by atoms with Gasteiger partial charge in [-0.25, -0.2) is 0 Å². The Bertz CT molecular complexity index is 406. The molecule has 0 aromatic heterocycles. The number of alkyl halides is 2. The van der Waals surface area contributed by atoms with Crippen LogP contribution in [0.25, 0.3) is 0 Å². The van der Waals surface area contributed by atoms with Gasteiger partial charge in [0.25, 0.3) is 0 Å². The molecule has 1 heterocycles. The SMILES string of the molecule is O=C(c1ccc2c(c1)OCCCO2)C(Cl)Br. The van der Waals surface area contributed by atoms with Gasteiger partial charge in [0.2, 0.25) is 0 Å². The third-order valence-corrected chi connectivity index (χ3v) is 2.84. The highest BCUT2D eigenvalue weighted by Gasteiger charge is 2.17. The average molecular weight is 306 g/mol. The van der Waals surface area contributed by atoms with Gasteiger partial charge in [0.05, 0.1) is 13.2 Å². The Hall–Kier alpha value is -0.740. The second-order valence-corrected chi connectivity index (χ2v) is 5.26. The Morgan fingerprint density at radius 3 is 2.69 bits per heavy atom. The van der Waals surface area contributed by atoms with E-state index in [1.165, 1.54) is 0 Å². The van der Waals surface area contributed by atoms with Crippen molar-refractivity contribution in [3.05, 3.63) is 23.8 Å². The number of hydrogen-bond acceptors (Lipinski definition) is 3. The van der Waals surface area contributed by atoms with Crippen molar-refractivity contribution >= 4 is 33.3 Å². The van der Waals surface area contributed by atoms with Crippen molar-refractivity contribution in [2.75, 3.05) is 13.2 Å². The van der Waals surface area contributed by atoms with Crippen molar-refractivity contribution in [2.45, 2.75) is 10.7 Å². The van der Waals surface area contributed by atoms with Gasteiger partial charge in [-0.3, -0.25) is 4.79 Å². The summed E-state index contributed by atoms with van der Waals surface area (Å²) in [6, 6.07) is 5.09. The lowest BCUT2D eigenvalue weighted by Gasteiger charge is -2.08. The monoisotopic (exact) mass is 304 g/mol. The first-order valence-corrected chi connectivity index (χ1v) is 6.25. The lowest BCUT2D eigenvalue weighted by Crippen LogP contribution is -2.07. The van der Waals surface area contributed by atoms with Crippen LogP contribution >= 0.6 is 27.5 Å². The third-order valence-electron chi connectivity index (χ3n) is 2.23. The van der Waals surface area contributed by atoms with Gasteiger partial charge in [-0.05, 0) is 18.2 Å². The molecule has 1 aliphatic rings. The van der Waals surface area contributed by atoms with Crippen molar-refractivity contribution in [2.24, 2.45) is 0 Å². The molecular formula is C11H10BrClO3. The average Bonchev–Trinajstić information content (AvgIpc) is 2.51. The number of ether oxygens (including phenoxy) is 2. The van der Waals surface area contributed by atoms with Gasteiger partial charge in [0.1, 0.15) is 0 Å². The minimum absolute atomic E-state index is 0.183. The molecule has 0 fully saturated rings. The molecule has 1 aromatic carbocycles. The van der Waals surface area contributed by atoms with Crippen molar-refractivity contribution in [3.8, 4) is 11.5 Å². The topological polar surface area (TPSA) is 35.5 Å². The number of carbonyl (C=O) groups is 1. The van der Waals surface area contributed by atoms with E-state index in [4.69, 9.17) is 21.1 Å². The van der Waals surface area contributed by atoms with Crippen LogP contribution in [0.2, 0.25) is 0 Å². The molecule has 0 saturated carbocycles. The summed E-state index contributed by atoms with van der Waals surface area (Å²) in [5.41, 5.74) is 0.515. The zero-order chi connectivity index (χ0) is 11.5. The molecule has 0 spiro atoms. The van der Waals surface area contributed by atoms with Gasteiger partial charge in [-0.1, -0.05) is 15.9 Å². The van der Waals surface area contributed by atoms with Crippen molar-refractivity contribution in [3.63, 3.8) is 0 Å². The third kappa shape index (κ3) is 2.50. The number of Topliss-reactive ketones (excluding diaryl/α,β-unsaturated/α-hetero) is 1. The lowest BCUT2D eigenvalue weighted by atomic mass is 10.1. The fourth-order valence-corrected chi connectivity index (χ4v) is 1.83. The molecule has 3 nitrogen and oxygen atoms in total. The van der Waals surface area contributed by atoms with E-state index in [2.05, 4.69) is 15.9 Å². The van der Waals surface area contributed by atoms with E-state index < -0.39 is 4.29 Å². The number of ketones is 1. The maximum absolute atomic E-state index is 11.6. The highest BCUT2D eigenvalue weighted by molar-refractivity contribution is 9.10. The minimum Gasteiger partial charge on any atom is -0.490 e. The summed E-state index contributed by atoms with van der Waals surface area (Å²) in [6.07, 6.45) is 0.842. The fraction of sp³-hybridized carbons (Fsp3) is 0.364. The quantitative estimate of drug-likeness (QED) is 0.622. The molecule has 0 N–H and O–H groups in total. The molecule has 0 radical (unpaired) electrons. The molecular weight excluding hydrogens is 295 g/mol. The standard InChI is InChI=1S/C11H10BrClO3/c12-11(13)10(14)7-2-3-8-9(6-7)16-5-1-4-15-8/h2-3,6,11H,1,4-5H2. The highest BCUT2D eigenvalue weighted by Crippen LogP contribution is 2.31. The van der Waals surface area contributed by atoms with Gasteiger partial charge in [-0.2, -0.15) is 0 Å². The van der Waals surface area contributed by atoms with E-state index in [1.807, 2.05) is 0 Å². The summed E-state index contributed by atoms with van der Waals surface area (Å²) < 4.78 is 10.2. The van der Waals surface area contributed by atoms with E-state index in [9.17, 15) is 4.79 Å². The van der Waals surface area contributed by atoms with Gasteiger partial charge in [0, 0.05) is 12.0 Å². The van der Waals surface area contributed by atoms with Crippen molar-refractivity contribution in [1.29, 1.82) is 0 Å². The van der Waals surface area contributed by atoms with Crippen LogP contribution in [0.4, 0.5) is 0 Å². The molecule has 86 valence electrons. The predicted molar refractivity (Wildman–Crippen MR) is 64.9 cm³/mol. The zero-order valence-electron chi connectivity index (χ0n) is 8.41. The second-order valence-electron chi connectivity index (χ2n) is 3.38. The maximum atomic E-state index is 11.6. The minimum atomic E-state index is -0.711. The molecule has 0 amide bonds. The summed E-state index contributed by atoms with van der Waals surface area (Å²) >= 11 is 8.71. The van der Waals surface area contributed by atoms with E-state index in [-0.39, 0.29) is 5.78 Å². The van der Waals surface area contributed by atoms with Crippen LogP contribution in [0.15, 0.2) is 18.2 Å². The Balaban J connectivity index is 2.30. The van der Waals surface area contributed by atoms with Crippen LogP contribution in [0.3, 0.4) is 0 Å². The number of halogens is 2. The number of hydrogen-bond donors (Lipinski definition) is 0. The van der Waals surface area contributed by atoms with Gasteiger partial charge in [0.15, 0.2) is 21.6 Å². The Kier molecular flexibility index (Phi) is 3.71. The van der Waals surface area contributed by atoms with E-state index in [0.717, 1.165) is 6.42 Å². The van der Waals surface area contributed by atoms with Crippen LogP contribution < -0.4 is 9.47 Å². The molecule has 0 saturated heterocycles. The number of fused-ring (bicyclic) bond motifs is 1. The fourth-order valence-electron chi connectivity index (χ4n) is 1.44. The summed E-state index contributed by atoms with van der Waals surface area (Å²) in [5.74, 6) is 1.10. The van der Waals surface area contributed by atoms with Crippen LogP contribution in [-0.2, 0) is 0 Å². The largest absolute Gasteiger partial charge is 0.490 e. The highest BCUT2D eigenvalue weighted by atomic mass is 79.9. The van der Waals surface area contributed by atoms with Crippen LogP contribution in [0.1, 0.15) is 16.8 Å². The first-order valence-electron chi connectivity index (χ1n) is 4.90. The molecule has 5 heteroatoms. The van der Waals surface area contributed by atoms with Gasteiger partial charge in [-0.15, -0.1) is 11.6 Å².